The van der Waals surface area contributed by atoms with Crippen molar-refractivity contribution in [2.75, 3.05) is 13.2 Å². The Morgan fingerprint density at radius 1 is 1.44 bits per heavy atom. The van der Waals surface area contributed by atoms with Crippen molar-refractivity contribution in [3.05, 3.63) is 28.0 Å². The van der Waals surface area contributed by atoms with Crippen LogP contribution in [0, 0.1) is 0 Å². The van der Waals surface area contributed by atoms with E-state index < -0.39 is 0 Å². The summed E-state index contributed by atoms with van der Waals surface area (Å²) in [5.74, 6) is -0.272. The number of hydrogen-bond donors (Lipinski definition) is 1. The molecule has 100 valence electrons. The fourth-order valence-corrected chi connectivity index (χ4v) is 1.87. The molecular formula is C12H16Cl2N2O2. The number of halogens is 2. The Morgan fingerprint density at radius 3 is 2.67 bits per heavy atom. The zero-order valence-corrected chi connectivity index (χ0v) is 11.9. The van der Waals surface area contributed by atoms with Gasteiger partial charge in [-0.25, -0.2) is 4.98 Å². The summed E-state index contributed by atoms with van der Waals surface area (Å²) in [7, 11) is 0. The average molecular weight is 291 g/mol. The number of pyridine rings is 1. The topological polar surface area (TPSA) is 53.4 Å². The van der Waals surface area contributed by atoms with Gasteiger partial charge in [0.1, 0.15) is 10.8 Å². The van der Waals surface area contributed by atoms with Crippen molar-refractivity contribution in [3.8, 4) is 0 Å². The van der Waals surface area contributed by atoms with Gasteiger partial charge >= 0.3 is 0 Å². The highest BCUT2D eigenvalue weighted by Gasteiger charge is 2.22. The molecule has 0 radical (unpaired) electrons. The van der Waals surface area contributed by atoms with Crippen molar-refractivity contribution in [3.63, 3.8) is 0 Å². The Hall–Kier alpha value is -0.840. The summed E-state index contributed by atoms with van der Waals surface area (Å²) in [6, 6.07) is 3.09. The molecule has 0 atom stereocenters. The minimum atomic E-state index is -0.272. The van der Waals surface area contributed by atoms with Crippen LogP contribution >= 0.6 is 23.2 Å². The lowest BCUT2D eigenvalue weighted by Crippen LogP contribution is -2.38. The first-order valence-electron chi connectivity index (χ1n) is 5.71. The first kappa shape index (κ1) is 15.2. The first-order chi connectivity index (χ1) is 8.47. The Morgan fingerprint density at radius 2 is 2.11 bits per heavy atom. The van der Waals surface area contributed by atoms with Crippen molar-refractivity contribution in [2.45, 2.75) is 26.3 Å². The highest BCUT2D eigenvalue weighted by molar-refractivity contribution is 6.34. The molecule has 0 aromatic carbocycles. The van der Waals surface area contributed by atoms with E-state index in [0.29, 0.717) is 13.0 Å². The van der Waals surface area contributed by atoms with E-state index in [9.17, 15) is 4.79 Å². The summed E-state index contributed by atoms with van der Waals surface area (Å²) in [6.45, 7) is 4.28. The van der Waals surface area contributed by atoms with Gasteiger partial charge in [0.15, 0.2) is 0 Å². The van der Waals surface area contributed by atoms with Crippen LogP contribution in [0.15, 0.2) is 12.1 Å². The first-order valence-corrected chi connectivity index (χ1v) is 6.46. The number of carbonyl (C=O) groups excluding carboxylic acids is 1. The third-order valence-corrected chi connectivity index (χ3v) is 2.97. The lowest BCUT2D eigenvalue weighted by Gasteiger charge is -2.26. The summed E-state index contributed by atoms with van der Waals surface area (Å²) in [4.78, 5) is 17.9. The van der Waals surface area contributed by atoms with E-state index in [2.05, 4.69) is 4.98 Å². The molecule has 0 spiro atoms. The summed E-state index contributed by atoms with van der Waals surface area (Å²) in [6.07, 6.45) is 0.516. The number of amides is 1. The molecule has 1 N–H and O–H groups in total. The molecular weight excluding hydrogens is 275 g/mol. The van der Waals surface area contributed by atoms with E-state index >= 15 is 0 Å². The zero-order valence-electron chi connectivity index (χ0n) is 10.4. The van der Waals surface area contributed by atoms with E-state index in [1.807, 2.05) is 13.8 Å². The van der Waals surface area contributed by atoms with Crippen LogP contribution in [0.4, 0.5) is 0 Å². The molecule has 0 fully saturated rings. The zero-order chi connectivity index (χ0) is 13.7. The van der Waals surface area contributed by atoms with Gasteiger partial charge < -0.3 is 10.0 Å². The van der Waals surface area contributed by atoms with Gasteiger partial charge in [-0.05, 0) is 32.4 Å². The molecule has 1 heterocycles. The fraction of sp³-hybridized carbons (Fsp3) is 0.500. The van der Waals surface area contributed by atoms with Gasteiger partial charge in [0.2, 0.25) is 0 Å². The molecule has 0 bridgehead atoms. The number of aliphatic hydroxyl groups excluding tert-OH is 1. The summed E-state index contributed by atoms with van der Waals surface area (Å²) >= 11 is 11.7. The van der Waals surface area contributed by atoms with E-state index in [1.54, 1.807) is 11.0 Å². The molecule has 4 nitrogen and oxygen atoms in total. The third-order valence-electron chi connectivity index (χ3n) is 2.46. The predicted molar refractivity (Wildman–Crippen MR) is 72.1 cm³/mol. The molecule has 1 amide bonds. The van der Waals surface area contributed by atoms with Crippen molar-refractivity contribution in [2.24, 2.45) is 0 Å². The molecule has 1 aromatic rings. The second-order valence-electron chi connectivity index (χ2n) is 4.13. The molecule has 0 saturated heterocycles. The number of rotatable bonds is 5. The average Bonchev–Trinajstić information content (AvgIpc) is 2.32. The van der Waals surface area contributed by atoms with Gasteiger partial charge in [0, 0.05) is 19.2 Å². The monoisotopic (exact) mass is 290 g/mol. The number of carbonyl (C=O) groups is 1. The van der Waals surface area contributed by atoms with E-state index in [1.165, 1.54) is 6.07 Å². The number of nitrogens with zero attached hydrogens (tertiary/aromatic N) is 2. The fourth-order valence-electron chi connectivity index (χ4n) is 1.54. The summed E-state index contributed by atoms with van der Waals surface area (Å²) < 4.78 is 0. The van der Waals surface area contributed by atoms with Gasteiger partial charge in [0.05, 0.1) is 5.02 Å². The van der Waals surface area contributed by atoms with Crippen molar-refractivity contribution >= 4 is 29.1 Å². The molecule has 0 aliphatic rings. The van der Waals surface area contributed by atoms with Gasteiger partial charge in [-0.2, -0.15) is 0 Å². The number of aliphatic hydroxyl groups is 1. The minimum absolute atomic E-state index is 0.000832. The van der Waals surface area contributed by atoms with E-state index in [4.69, 9.17) is 28.3 Å². The van der Waals surface area contributed by atoms with E-state index in [0.717, 1.165) is 0 Å². The molecule has 0 saturated carbocycles. The van der Waals surface area contributed by atoms with Crippen molar-refractivity contribution in [1.82, 2.24) is 9.88 Å². The lowest BCUT2D eigenvalue weighted by molar-refractivity contribution is 0.0687. The molecule has 6 heteroatoms. The minimum Gasteiger partial charge on any atom is -0.396 e. The van der Waals surface area contributed by atoms with Crippen LogP contribution in [-0.2, 0) is 0 Å². The normalized spacial score (nSPS) is 10.8. The maximum Gasteiger partial charge on any atom is 0.274 e. The van der Waals surface area contributed by atoms with Crippen LogP contribution in [0.25, 0.3) is 0 Å². The molecule has 0 unspecified atom stereocenters. The molecule has 1 aromatic heterocycles. The van der Waals surface area contributed by atoms with Crippen LogP contribution in [0.1, 0.15) is 30.8 Å². The molecule has 0 aliphatic heterocycles. The lowest BCUT2D eigenvalue weighted by atomic mass is 10.2. The second-order valence-corrected chi connectivity index (χ2v) is 4.93. The van der Waals surface area contributed by atoms with Crippen LogP contribution in [0.3, 0.4) is 0 Å². The molecule has 0 aliphatic carbocycles. The van der Waals surface area contributed by atoms with Gasteiger partial charge in [-0.1, -0.05) is 23.2 Å². The second kappa shape index (κ2) is 6.92. The maximum absolute atomic E-state index is 12.3. The third kappa shape index (κ3) is 3.83. The van der Waals surface area contributed by atoms with Gasteiger partial charge in [-0.15, -0.1) is 0 Å². The smallest absolute Gasteiger partial charge is 0.274 e. The van der Waals surface area contributed by atoms with Crippen LogP contribution in [0.5, 0.6) is 0 Å². The summed E-state index contributed by atoms with van der Waals surface area (Å²) in [5, 5.41) is 9.35. The Kier molecular flexibility index (Phi) is 5.85. The highest BCUT2D eigenvalue weighted by atomic mass is 35.5. The van der Waals surface area contributed by atoms with Crippen molar-refractivity contribution < 1.29 is 9.90 Å². The highest BCUT2D eigenvalue weighted by Crippen LogP contribution is 2.19. The van der Waals surface area contributed by atoms with Crippen LogP contribution in [0.2, 0.25) is 10.2 Å². The maximum atomic E-state index is 12.3. The van der Waals surface area contributed by atoms with E-state index in [-0.39, 0.29) is 34.4 Å². The molecule has 18 heavy (non-hydrogen) atoms. The largest absolute Gasteiger partial charge is 0.396 e. The standard InChI is InChI=1S/C12H16Cl2N2O2/c1-8(2)16(6-3-7-17)12(18)11-9(13)4-5-10(14)15-11/h4-5,8,17H,3,6-7H2,1-2H3. The number of hydrogen-bond acceptors (Lipinski definition) is 3. The van der Waals surface area contributed by atoms with Gasteiger partial charge in [0.25, 0.3) is 5.91 Å². The quantitative estimate of drug-likeness (QED) is 0.848. The van der Waals surface area contributed by atoms with Crippen LogP contribution in [-0.4, -0.2) is 40.1 Å². The summed E-state index contributed by atoms with van der Waals surface area (Å²) in [5.41, 5.74) is 0.149. The van der Waals surface area contributed by atoms with Gasteiger partial charge in [-0.3, -0.25) is 4.79 Å². The van der Waals surface area contributed by atoms with Crippen molar-refractivity contribution in [1.29, 1.82) is 0 Å². The Balaban J connectivity index is 2.98. The molecule has 1 rings (SSSR count). The Bertz CT molecular complexity index is 425. The van der Waals surface area contributed by atoms with Crippen LogP contribution < -0.4 is 0 Å². The Labute approximate surface area is 117 Å². The predicted octanol–water partition coefficient (Wildman–Crippen LogP) is 2.62. The number of aromatic nitrogens is 1. The SMILES string of the molecule is CC(C)N(CCCO)C(=O)c1nc(Cl)ccc1Cl.